The summed E-state index contributed by atoms with van der Waals surface area (Å²) in [4.78, 5) is 0. The maximum absolute atomic E-state index is 4.93. The highest BCUT2D eigenvalue weighted by Gasteiger charge is 1.87. The van der Waals surface area contributed by atoms with Crippen LogP contribution in [0.3, 0.4) is 0 Å². The Morgan fingerprint density at radius 3 is 1.79 bits per heavy atom. The summed E-state index contributed by atoms with van der Waals surface area (Å²) in [7, 11) is 3.75. The average Bonchev–Trinajstić information content (AvgIpc) is 2.29. The summed E-state index contributed by atoms with van der Waals surface area (Å²) in [5.41, 5.74) is 0. The van der Waals surface area contributed by atoms with Crippen LogP contribution in [0.15, 0.2) is 0 Å². The van der Waals surface area contributed by atoms with Crippen LogP contribution in [0.2, 0.25) is 0 Å². The molecule has 0 unspecified atom stereocenters. The Labute approximate surface area is 91.4 Å². The lowest BCUT2D eigenvalue weighted by atomic mass is 10.2. The minimum Gasteiger partial charge on any atom is -0.385 e. The van der Waals surface area contributed by atoms with Crippen LogP contribution in [0.5, 0.6) is 0 Å². The molecule has 90 valence electrons. The van der Waals surface area contributed by atoms with Gasteiger partial charge in [0.2, 0.25) is 0 Å². The summed E-state index contributed by atoms with van der Waals surface area (Å²) in [5.74, 6) is 0. The molecule has 0 aliphatic rings. The van der Waals surface area contributed by atoms with E-state index >= 15 is 0 Å². The highest BCUT2D eigenvalue weighted by atomic mass is 16.5. The second-order valence-electron chi connectivity index (χ2n) is 2.51. The van der Waals surface area contributed by atoms with E-state index in [0.717, 1.165) is 13.2 Å². The van der Waals surface area contributed by atoms with Gasteiger partial charge in [-0.2, -0.15) is 0 Å². The smallest absolute Gasteiger partial charge is 0.0462 e. The predicted molar refractivity (Wildman–Crippen MR) is 67.0 cm³/mol. The maximum atomic E-state index is 4.93. The van der Waals surface area contributed by atoms with E-state index < -0.39 is 0 Å². The molecule has 0 saturated heterocycles. The van der Waals surface area contributed by atoms with Crippen molar-refractivity contribution < 1.29 is 4.74 Å². The van der Waals surface area contributed by atoms with Crippen molar-refractivity contribution in [3.63, 3.8) is 0 Å². The Kier molecular flexibility index (Phi) is 40.7. The third-order valence-electron chi connectivity index (χ3n) is 1.53. The van der Waals surface area contributed by atoms with Gasteiger partial charge in [0.05, 0.1) is 0 Å². The van der Waals surface area contributed by atoms with E-state index in [2.05, 4.69) is 5.32 Å². The molecule has 0 radical (unpaired) electrons. The first-order chi connectivity index (χ1) is 6.91. The van der Waals surface area contributed by atoms with Crippen molar-refractivity contribution in [3.05, 3.63) is 0 Å². The molecule has 0 heterocycles. The molecular formula is C12H31NO. The number of ether oxygens (including phenoxy) is 1. The molecule has 0 amide bonds. The van der Waals surface area contributed by atoms with Crippen molar-refractivity contribution in [2.75, 3.05) is 27.3 Å². The summed E-state index contributed by atoms with van der Waals surface area (Å²) >= 11 is 0. The molecule has 0 rings (SSSR count). The van der Waals surface area contributed by atoms with E-state index in [1.165, 1.54) is 25.7 Å². The molecule has 0 aromatic carbocycles. The van der Waals surface area contributed by atoms with Crippen LogP contribution < -0.4 is 5.32 Å². The van der Waals surface area contributed by atoms with Gasteiger partial charge in [-0.1, -0.05) is 40.5 Å². The van der Waals surface area contributed by atoms with E-state index in [0.29, 0.717) is 0 Å². The molecule has 0 aromatic rings. The molecule has 0 spiro atoms. The minimum absolute atomic E-state index is 0.916. The van der Waals surface area contributed by atoms with E-state index in [-0.39, 0.29) is 0 Å². The monoisotopic (exact) mass is 205 g/mol. The normalized spacial score (nSPS) is 8.14. The van der Waals surface area contributed by atoms with Crippen molar-refractivity contribution in [2.24, 2.45) is 0 Å². The highest BCUT2D eigenvalue weighted by molar-refractivity contribution is 4.44. The lowest BCUT2D eigenvalue weighted by Gasteiger charge is -1.99. The van der Waals surface area contributed by atoms with Gasteiger partial charge in [-0.05, 0) is 26.4 Å². The van der Waals surface area contributed by atoms with Crippen molar-refractivity contribution >= 4 is 0 Å². The van der Waals surface area contributed by atoms with Gasteiger partial charge in [0.25, 0.3) is 0 Å². The van der Waals surface area contributed by atoms with Gasteiger partial charge in [0, 0.05) is 13.7 Å². The van der Waals surface area contributed by atoms with E-state index in [1.54, 1.807) is 7.11 Å². The van der Waals surface area contributed by atoms with Crippen LogP contribution in [-0.4, -0.2) is 27.3 Å². The van der Waals surface area contributed by atoms with E-state index in [1.807, 2.05) is 34.7 Å². The summed E-state index contributed by atoms with van der Waals surface area (Å²) in [6.07, 6.45) is 5.13. The first-order valence-corrected chi connectivity index (χ1v) is 6.05. The molecule has 0 saturated carbocycles. The zero-order chi connectivity index (χ0) is 11.7. The zero-order valence-electron chi connectivity index (χ0n) is 11.2. The highest BCUT2D eigenvalue weighted by Crippen LogP contribution is 1.97. The average molecular weight is 205 g/mol. The van der Waals surface area contributed by atoms with Crippen LogP contribution in [0.25, 0.3) is 0 Å². The third kappa shape index (κ3) is 29.7. The molecule has 0 aliphatic carbocycles. The lowest BCUT2D eigenvalue weighted by Crippen LogP contribution is -2.07. The topological polar surface area (TPSA) is 21.3 Å². The van der Waals surface area contributed by atoms with Gasteiger partial charge in [0.1, 0.15) is 0 Å². The molecule has 0 fully saturated rings. The maximum Gasteiger partial charge on any atom is 0.0462 e. The Morgan fingerprint density at radius 2 is 1.36 bits per heavy atom. The summed E-state index contributed by atoms with van der Waals surface area (Å²) < 4.78 is 4.93. The fourth-order valence-electron chi connectivity index (χ4n) is 0.902. The fourth-order valence-corrected chi connectivity index (χ4v) is 0.902. The number of hydrogen-bond acceptors (Lipinski definition) is 2. The second kappa shape index (κ2) is 29.3. The van der Waals surface area contributed by atoms with E-state index in [9.17, 15) is 0 Å². The number of unbranched alkanes of at least 4 members (excludes halogenated alkanes) is 3. The van der Waals surface area contributed by atoms with Crippen LogP contribution >= 0.6 is 0 Å². The summed E-state index contributed by atoms with van der Waals surface area (Å²) in [6, 6.07) is 0. The number of nitrogens with one attached hydrogen (secondary N) is 1. The molecule has 0 aliphatic heterocycles. The van der Waals surface area contributed by atoms with Gasteiger partial charge >= 0.3 is 0 Å². The van der Waals surface area contributed by atoms with Crippen LogP contribution in [-0.2, 0) is 4.74 Å². The molecule has 0 aromatic heterocycles. The van der Waals surface area contributed by atoms with Crippen LogP contribution in [0.4, 0.5) is 0 Å². The largest absolute Gasteiger partial charge is 0.385 e. The summed E-state index contributed by atoms with van der Waals surface area (Å²) in [5, 5.41) is 3.13. The number of hydrogen-bond donors (Lipinski definition) is 1. The Bertz CT molecular complexity index is 50.3. The molecule has 0 bridgehead atoms. The lowest BCUT2D eigenvalue weighted by molar-refractivity contribution is 0.192. The fraction of sp³-hybridized carbons (Fsp3) is 1.00. The van der Waals surface area contributed by atoms with Crippen molar-refractivity contribution in [2.45, 2.75) is 53.4 Å². The van der Waals surface area contributed by atoms with Gasteiger partial charge in [-0.25, -0.2) is 0 Å². The zero-order valence-corrected chi connectivity index (χ0v) is 11.2. The first-order valence-electron chi connectivity index (χ1n) is 6.05. The van der Waals surface area contributed by atoms with Crippen LogP contribution in [0, 0.1) is 0 Å². The third-order valence-corrected chi connectivity index (χ3v) is 1.53. The molecule has 1 N–H and O–H groups in total. The molecule has 2 heteroatoms. The van der Waals surface area contributed by atoms with Gasteiger partial charge < -0.3 is 10.1 Å². The van der Waals surface area contributed by atoms with Crippen molar-refractivity contribution in [1.29, 1.82) is 0 Å². The second-order valence-corrected chi connectivity index (χ2v) is 2.51. The predicted octanol–water partition coefficient (Wildman–Crippen LogP) is 3.47. The minimum atomic E-state index is 0.916. The Hall–Kier alpha value is -0.0800. The standard InChI is InChI=1S/C8H19NO.2C2H6/c1-9-7-5-3-4-6-8-10-2;2*1-2/h9H,3-8H2,1-2H3;2*1-2H3. The molecule has 2 nitrogen and oxygen atoms in total. The Morgan fingerprint density at radius 1 is 0.857 bits per heavy atom. The Balaban J connectivity index is -0.000000266. The molecule has 14 heavy (non-hydrogen) atoms. The van der Waals surface area contributed by atoms with Gasteiger partial charge in [-0.3, -0.25) is 0 Å². The number of methoxy groups -OCH3 is 1. The first kappa shape index (κ1) is 19.5. The van der Waals surface area contributed by atoms with Gasteiger partial charge in [0.15, 0.2) is 0 Å². The number of rotatable bonds is 7. The molecular weight excluding hydrogens is 174 g/mol. The quantitative estimate of drug-likeness (QED) is 0.643. The van der Waals surface area contributed by atoms with Gasteiger partial charge in [-0.15, -0.1) is 0 Å². The van der Waals surface area contributed by atoms with E-state index in [4.69, 9.17) is 4.74 Å². The SMILES string of the molecule is CC.CC.CNCCCCCCOC. The van der Waals surface area contributed by atoms with Crippen molar-refractivity contribution in [3.8, 4) is 0 Å². The summed E-state index contributed by atoms with van der Waals surface area (Å²) in [6.45, 7) is 10.1. The van der Waals surface area contributed by atoms with Crippen molar-refractivity contribution in [1.82, 2.24) is 5.32 Å². The van der Waals surface area contributed by atoms with Crippen LogP contribution in [0.1, 0.15) is 53.4 Å². The molecule has 0 atom stereocenters.